The van der Waals surface area contributed by atoms with Gasteiger partial charge in [-0.25, -0.2) is 14.4 Å². The zero-order valence-corrected chi connectivity index (χ0v) is 8.88. The van der Waals surface area contributed by atoms with Crippen LogP contribution in [0.4, 0.5) is 0 Å². The van der Waals surface area contributed by atoms with Crippen molar-refractivity contribution in [3.8, 4) is 0 Å². The van der Waals surface area contributed by atoms with E-state index >= 15 is 0 Å². The summed E-state index contributed by atoms with van der Waals surface area (Å²) in [5.41, 5.74) is 0. The van der Waals surface area contributed by atoms with Crippen LogP contribution in [0.15, 0.2) is 38.0 Å². The van der Waals surface area contributed by atoms with Crippen LogP contribution in [0.25, 0.3) is 0 Å². The molecule has 7 heteroatoms. The first kappa shape index (κ1) is 24.2. The van der Waals surface area contributed by atoms with Gasteiger partial charge in [-0.15, -0.1) is 0 Å². The minimum absolute atomic E-state index is 0. The molecule has 0 saturated heterocycles. The summed E-state index contributed by atoms with van der Waals surface area (Å²) >= 11 is 0. The third kappa shape index (κ3) is 56.8. The number of carboxylic acids is 2. The van der Waals surface area contributed by atoms with Crippen molar-refractivity contribution in [3.05, 3.63) is 38.0 Å². The molecule has 0 aromatic carbocycles. The van der Waals surface area contributed by atoms with E-state index in [9.17, 15) is 14.4 Å². The van der Waals surface area contributed by atoms with E-state index in [1.165, 1.54) is 7.11 Å². The first-order chi connectivity index (χ1) is 7.35. The predicted octanol–water partition coefficient (Wildman–Crippen LogP) is -0.592. The smallest absolute Gasteiger partial charge is 0.329 e. The quantitative estimate of drug-likeness (QED) is 0.400. The van der Waals surface area contributed by atoms with Gasteiger partial charge in [0.15, 0.2) is 0 Å². The minimum Gasteiger partial charge on any atom is -0.478 e. The number of carboxylic acid groups (broad SMARTS) is 2. The van der Waals surface area contributed by atoms with E-state index in [1.807, 2.05) is 0 Å². The highest BCUT2D eigenvalue weighted by atomic mass is 28.1. The third-order valence-electron chi connectivity index (χ3n) is 0.717. The lowest BCUT2D eigenvalue weighted by Crippen LogP contribution is -1.91. The number of ether oxygens (including phenoxy) is 1. The largest absolute Gasteiger partial charge is 0.478 e. The van der Waals surface area contributed by atoms with Gasteiger partial charge in [-0.2, -0.15) is 0 Å². The van der Waals surface area contributed by atoms with Crippen LogP contribution in [0, 0.1) is 0 Å². The lowest BCUT2D eigenvalue weighted by molar-refractivity contribution is -0.135. The summed E-state index contributed by atoms with van der Waals surface area (Å²) in [5.74, 6) is -2.36. The van der Waals surface area contributed by atoms with Crippen LogP contribution in [-0.2, 0) is 19.1 Å². The van der Waals surface area contributed by atoms with Crippen molar-refractivity contribution in [2.75, 3.05) is 7.11 Å². The van der Waals surface area contributed by atoms with Crippen LogP contribution in [0.1, 0.15) is 0 Å². The second kappa shape index (κ2) is 19.4. The number of aliphatic carboxylic acids is 2. The predicted molar refractivity (Wildman–Crippen MR) is 69.2 cm³/mol. The van der Waals surface area contributed by atoms with Gasteiger partial charge in [0.2, 0.25) is 0 Å². The Morgan fingerprint density at radius 3 is 1.18 bits per heavy atom. The first-order valence-electron chi connectivity index (χ1n) is 3.76. The standard InChI is InChI=1S/C4H6O2.2C3H4O2.H4Si/c1-3-4(5)6-2;2*1-2-3(4)5;/h3H,1H2,2H3;2*2H,1H2,(H,4,5);1H4. The van der Waals surface area contributed by atoms with Crippen LogP contribution in [0.5, 0.6) is 0 Å². The van der Waals surface area contributed by atoms with Crippen LogP contribution >= 0.6 is 0 Å². The molecule has 0 aliphatic rings. The maximum absolute atomic E-state index is 9.84. The zero-order valence-electron chi connectivity index (χ0n) is 8.88. The number of carbonyl (C=O) groups excluding carboxylic acids is 1. The Morgan fingerprint density at radius 1 is 0.941 bits per heavy atom. The van der Waals surface area contributed by atoms with Gasteiger partial charge in [-0.1, -0.05) is 19.7 Å². The normalized spacial score (nSPS) is 6.18. The van der Waals surface area contributed by atoms with Gasteiger partial charge in [0, 0.05) is 18.2 Å². The Balaban J connectivity index is -0.0000000729. The van der Waals surface area contributed by atoms with Crippen molar-refractivity contribution >= 4 is 28.9 Å². The number of carbonyl (C=O) groups is 3. The summed E-state index contributed by atoms with van der Waals surface area (Å²) in [6.45, 7) is 9.08. The van der Waals surface area contributed by atoms with Gasteiger partial charge in [-0.05, 0) is 11.0 Å². The molecule has 0 atom stereocenters. The first-order valence-corrected chi connectivity index (χ1v) is 3.76. The molecule has 0 heterocycles. The molecule has 0 spiro atoms. The summed E-state index contributed by atoms with van der Waals surface area (Å²) in [7, 11) is 1.31. The molecular weight excluding hydrogens is 244 g/mol. The summed E-state index contributed by atoms with van der Waals surface area (Å²) in [4.78, 5) is 28.3. The fraction of sp³-hybridized carbons (Fsp3) is 0.100. The van der Waals surface area contributed by atoms with Crippen molar-refractivity contribution < 1.29 is 29.3 Å². The number of esters is 1. The molecule has 98 valence electrons. The summed E-state index contributed by atoms with van der Waals surface area (Å²) < 4.78 is 4.14. The molecule has 0 fully saturated rings. The van der Waals surface area contributed by atoms with Crippen LogP contribution < -0.4 is 0 Å². The molecule has 0 bridgehead atoms. The average Bonchev–Trinajstić information content (AvgIpc) is 2.29. The van der Waals surface area contributed by atoms with Gasteiger partial charge in [-0.3, -0.25) is 0 Å². The maximum Gasteiger partial charge on any atom is 0.329 e. The summed E-state index contributed by atoms with van der Waals surface area (Å²) in [6.07, 6.45) is 2.78. The lowest BCUT2D eigenvalue weighted by atomic mass is 10.7. The second-order valence-electron chi connectivity index (χ2n) is 1.81. The Kier molecular flexibility index (Phi) is 27.6. The van der Waals surface area contributed by atoms with E-state index in [4.69, 9.17) is 10.2 Å². The molecule has 0 aromatic heterocycles. The molecule has 0 aliphatic carbocycles. The van der Waals surface area contributed by atoms with E-state index in [-0.39, 0.29) is 11.0 Å². The van der Waals surface area contributed by atoms with Crippen molar-refractivity contribution in [1.82, 2.24) is 0 Å². The second-order valence-corrected chi connectivity index (χ2v) is 1.81. The lowest BCUT2D eigenvalue weighted by Gasteiger charge is -1.83. The van der Waals surface area contributed by atoms with E-state index in [1.54, 1.807) is 0 Å². The molecule has 0 saturated carbocycles. The minimum atomic E-state index is -0.981. The molecule has 17 heavy (non-hydrogen) atoms. The van der Waals surface area contributed by atoms with Crippen LogP contribution in [0.3, 0.4) is 0 Å². The van der Waals surface area contributed by atoms with E-state index in [2.05, 4.69) is 24.5 Å². The molecule has 0 unspecified atom stereocenters. The number of hydrogen-bond acceptors (Lipinski definition) is 4. The average molecular weight is 262 g/mol. The van der Waals surface area contributed by atoms with Gasteiger partial charge in [0.1, 0.15) is 0 Å². The van der Waals surface area contributed by atoms with E-state index in [0.29, 0.717) is 0 Å². The molecule has 0 aliphatic heterocycles. The molecule has 2 N–H and O–H groups in total. The monoisotopic (exact) mass is 262 g/mol. The molecule has 0 aromatic rings. The fourth-order valence-electron chi connectivity index (χ4n) is 0.0833. The number of methoxy groups -OCH3 is 1. The van der Waals surface area contributed by atoms with Crippen molar-refractivity contribution in [2.24, 2.45) is 0 Å². The Morgan fingerprint density at radius 2 is 1.18 bits per heavy atom. The van der Waals surface area contributed by atoms with Crippen molar-refractivity contribution in [3.63, 3.8) is 0 Å². The van der Waals surface area contributed by atoms with Gasteiger partial charge >= 0.3 is 17.9 Å². The van der Waals surface area contributed by atoms with Gasteiger partial charge < -0.3 is 14.9 Å². The van der Waals surface area contributed by atoms with E-state index in [0.717, 1.165) is 18.2 Å². The maximum atomic E-state index is 9.84. The molecular formula is C10H18O6Si. The Bertz CT molecular complexity index is 254. The van der Waals surface area contributed by atoms with Crippen LogP contribution in [0.2, 0.25) is 0 Å². The molecule has 0 rings (SSSR count). The van der Waals surface area contributed by atoms with Crippen molar-refractivity contribution in [1.29, 1.82) is 0 Å². The highest BCUT2D eigenvalue weighted by Gasteiger charge is 1.81. The summed E-state index contributed by atoms with van der Waals surface area (Å²) in [5, 5.41) is 15.2. The number of rotatable bonds is 3. The van der Waals surface area contributed by atoms with Crippen molar-refractivity contribution in [2.45, 2.75) is 0 Å². The highest BCUT2D eigenvalue weighted by Crippen LogP contribution is 1.67. The number of hydrogen-bond donors (Lipinski definition) is 2. The third-order valence-corrected chi connectivity index (χ3v) is 0.717. The molecule has 0 amide bonds. The zero-order chi connectivity index (χ0) is 13.6. The van der Waals surface area contributed by atoms with Crippen LogP contribution in [-0.4, -0.2) is 46.2 Å². The topological polar surface area (TPSA) is 101 Å². The highest BCUT2D eigenvalue weighted by molar-refractivity contribution is 5.81. The Labute approximate surface area is 104 Å². The Hall–Kier alpha value is -2.15. The fourth-order valence-corrected chi connectivity index (χ4v) is 0.0833. The van der Waals surface area contributed by atoms with E-state index < -0.39 is 17.9 Å². The summed E-state index contributed by atoms with van der Waals surface area (Å²) in [6, 6.07) is 0. The van der Waals surface area contributed by atoms with Gasteiger partial charge in [0.25, 0.3) is 0 Å². The molecule has 6 nitrogen and oxygen atoms in total. The van der Waals surface area contributed by atoms with Gasteiger partial charge in [0.05, 0.1) is 7.11 Å². The SMILES string of the molecule is C=CC(=O)O.C=CC(=O)O.C=CC(=O)OC.[SiH4]. The molecule has 0 radical (unpaired) electrons.